The zero-order valence-electron chi connectivity index (χ0n) is 10.7. The molecule has 4 nitrogen and oxygen atoms in total. The van der Waals surface area contributed by atoms with E-state index >= 15 is 0 Å². The highest BCUT2D eigenvalue weighted by molar-refractivity contribution is 6.14. The molecule has 0 atom stereocenters. The minimum Gasteiger partial charge on any atom is -0.481 e. The number of rotatable bonds is 2. The molecule has 0 aliphatic carbocycles. The lowest BCUT2D eigenvalue weighted by molar-refractivity contribution is -0.136. The minimum absolute atomic E-state index is 0.0622. The third kappa shape index (κ3) is 2.16. The van der Waals surface area contributed by atoms with Crippen molar-refractivity contribution in [1.29, 1.82) is 0 Å². The van der Waals surface area contributed by atoms with Crippen molar-refractivity contribution in [3.8, 4) is 0 Å². The Labute approximate surface area is 116 Å². The first-order chi connectivity index (χ1) is 9.65. The van der Waals surface area contributed by atoms with Gasteiger partial charge in [-0.05, 0) is 23.3 Å². The first kappa shape index (κ1) is 12.4. The smallest absolute Gasteiger partial charge is 0.307 e. The van der Waals surface area contributed by atoms with E-state index in [1.54, 1.807) is 24.3 Å². The number of anilines is 1. The van der Waals surface area contributed by atoms with Crippen LogP contribution in [0.2, 0.25) is 0 Å². The van der Waals surface area contributed by atoms with Gasteiger partial charge in [0.05, 0.1) is 6.42 Å². The largest absolute Gasteiger partial charge is 0.481 e. The highest BCUT2D eigenvalue weighted by atomic mass is 16.4. The molecule has 2 N–H and O–H groups in total. The van der Waals surface area contributed by atoms with Crippen LogP contribution in [0.15, 0.2) is 42.5 Å². The topological polar surface area (TPSA) is 66.4 Å². The van der Waals surface area contributed by atoms with Crippen molar-refractivity contribution in [3.05, 3.63) is 64.7 Å². The van der Waals surface area contributed by atoms with E-state index in [4.69, 9.17) is 5.11 Å². The van der Waals surface area contributed by atoms with Crippen LogP contribution in [0.1, 0.15) is 27.0 Å². The predicted octanol–water partition coefficient (Wildman–Crippen LogP) is 2.47. The normalized spacial score (nSPS) is 12.9. The summed E-state index contributed by atoms with van der Waals surface area (Å²) >= 11 is 0. The van der Waals surface area contributed by atoms with Crippen LogP contribution in [0.3, 0.4) is 0 Å². The molecule has 0 aromatic heterocycles. The number of carbonyl (C=O) groups is 2. The van der Waals surface area contributed by atoms with Crippen LogP contribution in [0.5, 0.6) is 0 Å². The molecular weight excluding hydrogens is 254 g/mol. The summed E-state index contributed by atoms with van der Waals surface area (Å²) in [5, 5.41) is 12.1. The van der Waals surface area contributed by atoms with Crippen LogP contribution in [0.4, 0.5) is 5.69 Å². The number of nitrogens with one attached hydrogen (secondary N) is 1. The van der Waals surface area contributed by atoms with Gasteiger partial charge >= 0.3 is 5.97 Å². The Morgan fingerprint density at radius 1 is 1.15 bits per heavy atom. The molecule has 0 amide bonds. The summed E-state index contributed by atoms with van der Waals surface area (Å²) < 4.78 is 0. The fraction of sp³-hybridized carbons (Fsp3) is 0.125. The summed E-state index contributed by atoms with van der Waals surface area (Å²) in [7, 11) is 0. The summed E-state index contributed by atoms with van der Waals surface area (Å²) in [5.74, 6) is -0.966. The fourth-order valence-electron chi connectivity index (χ4n) is 2.45. The van der Waals surface area contributed by atoms with Crippen molar-refractivity contribution in [3.63, 3.8) is 0 Å². The minimum atomic E-state index is -0.903. The molecule has 20 heavy (non-hydrogen) atoms. The van der Waals surface area contributed by atoms with Gasteiger partial charge in [0.15, 0.2) is 5.78 Å². The van der Waals surface area contributed by atoms with E-state index in [9.17, 15) is 9.59 Å². The molecule has 0 unspecified atom stereocenters. The molecule has 0 spiro atoms. The number of hydrogen-bond donors (Lipinski definition) is 2. The summed E-state index contributed by atoms with van der Waals surface area (Å²) in [6.07, 6.45) is -0.0811. The highest BCUT2D eigenvalue weighted by Crippen LogP contribution is 2.27. The Hall–Kier alpha value is -2.62. The van der Waals surface area contributed by atoms with Crippen LogP contribution in [0.25, 0.3) is 0 Å². The number of hydrogen-bond acceptors (Lipinski definition) is 3. The maximum Gasteiger partial charge on any atom is 0.307 e. The molecule has 2 aromatic carbocycles. The van der Waals surface area contributed by atoms with E-state index in [2.05, 4.69) is 5.32 Å². The number of fused-ring (bicyclic) bond motifs is 2. The molecule has 4 heteroatoms. The van der Waals surface area contributed by atoms with Crippen molar-refractivity contribution in [2.24, 2.45) is 0 Å². The molecule has 0 bridgehead atoms. The average Bonchev–Trinajstić information content (AvgIpc) is 2.57. The van der Waals surface area contributed by atoms with E-state index < -0.39 is 5.97 Å². The van der Waals surface area contributed by atoms with E-state index in [0.717, 1.165) is 11.3 Å². The van der Waals surface area contributed by atoms with Gasteiger partial charge in [-0.15, -0.1) is 0 Å². The molecule has 0 saturated carbocycles. The van der Waals surface area contributed by atoms with Crippen molar-refractivity contribution >= 4 is 17.4 Å². The van der Waals surface area contributed by atoms with Crippen LogP contribution >= 0.6 is 0 Å². The Morgan fingerprint density at radius 3 is 2.75 bits per heavy atom. The van der Waals surface area contributed by atoms with E-state index in [1.165, 1.54) is 0 Å². The lowest BCUT2D eigenvalue weighted by Gasteiger charge is -2.08. The fourth-order valence-corrected chi connectivity index (χ4v) is 2.45. The van der Waals surface area contributed by atoms with Crippen molar-refractivity contribution in [2.75, 3.05) is 5.32 Å². The summed E-state index contributed by atoms with van der Waals surface area (Å²) in [4.78, 5) is 23.4. The predicted molar refractivity (Wildman–Crippen MR) is 75.0 cm³/mol. The van der Waals surface area contributed by atoms with Gasteiger partial charge in [0.25, 0.3) is 0 Å². The zero-order valence-corrected chi connectivity index (χ0v) is 10.7. The van der Waals surface area contributed by atoms with Gasteiger partial charge in [-0.25, -0.2) is 0 Å². The van der Waals surface area contributed by atoms with Gasteiger partial charge in [0.2, 0.25) is 0 Å². The molecular formula is C16H13NO3. The molecule has 0 saturated heterocycles. The first-order valence-corrected chi connectivity index (χ1v) is 6.36. The Morgan fingerprint density at radius 2 is 1.95 bits per heavy atom. The van der Waals surface area contributed by atoms with Crippen LogP contribution < -0.4 is 5.32 Å². The monoisotopic (exact) mass is 267 g/mol. The average molecular weight is 267 g/mol. The van der Waals surface area contributed by atoms with Crippen LogP contribution in [-0.2, 0) is 17.8 Å². The molecule has 100 valence electrons. The molecule has 3 rings (SSSR count). The number of benzene rings is 2. The lowest BCUT2D eigenvalue weighted by Crippen LogP contribution is -2.06. The van der Waals surface area contributed by atoms with E-state index in [-0.39, 0.29) is 12.2 Å². The quantitative estimate of drug-likeness (QED) is 0.877. The molecule has 0 radical (unpaired) electrons. The SMILES string of the molecule is O=C(O)Cc1ccc2c(c1)C(=O)c1ccccc1CN2. The van der Waals surface area contributed by atoms with Gasteiger partial charge in [0.1, 0.15) is 0 Å². The second kappa shape index (κ2) is 4.81. The summed E-state index contributed by atoms with van der Waals surface area (Å²) in [6, 6.07) is 12.6. The Kier molecular flexibility index (Phi) is 2.99. The van der Waals surface area contributed by atoms with Gasteiger partial charge in [-0.2, -0.15) is 0 Å². The van der Waals surface area contributed by atoms with Crippen molar-refractivity contribution < 1.29 is 14.7 Å². The summed E-state index contributed by atoms with van der Waals surface area (Å²) in [5.41, 5.74) is 3.54. The number of ketones is 1. The van der Waals surface area contributed by atoms with Gasteiger partial charge < -0.3 is 10.4 Å². The number of carbonyl (C=O) groups excluding carboxylic acids is 1. The van der Waals surface area contributed by atoms with Crippen molar-refractivity contribution in [2.45, 2.75) is 13.0 Å². The second-order valence-corrected chi connectivity index (χ2v) is 4.79. The van der Waals surface area contributed by atoms with Gasteiger partial charge in [-0.3, -0.25) is 9.59 Å². The van der Waals surface area contributed by atoms with Gasteiger partial charge in [0, 0.05) is 23.4 Å². The molecule has 1 aliphatic heterocycles. The molecule has 2 aromatic rings. The first-order valence-electron chi connectivity index (χ1n) is 6.36. The van der Waals surface area contributed by atoms with Gasteiger partial charge in [-0.1, -0.05) is 30.3 Å². The van der Waals surface area contributed by atoms with Crippen molar-refractivity contribution in [1.82, 2.24) is 0 Å². The Bertz CT molecular complexity index is 707. The number of carboxylic acid groups (broad SMARTS) is 1. The third-order valence-corrected chi connectivity index (χ3v) is 3.42. The molecule has 0 fully saturated rings. The number of carboxylic acids is 1. The zero-order chi connectivity index (χ0) is 14.1. The van der Waals surface area contributed by atoms with E-state index in [0.29, 0.717) is 23.2 Å². The second-order valence-electron chi connectivity index (χ2n) is 4.79. The molecule has 1 heterocycles. The highest BCUT2D eigenvalue weighted by Gasteiger charge is 2.21. The van der Waals surface area contributed by atoms with E-state index in [1.807, 2.05) is 18.2 Å². The standard InChI is InChI=1S/C16H13NO3/c18-15(19)8-10-5-6-14-13(7-10)16(20)12-4-2-1-3-11(12)9-17-14/h1-7,17H,8-9H2,(H,18,19). The maximum absolute atomic E-state index is 12.6. The number of aliphatic carboxylic acids is 1. The lowest BCUT2D eigenvalue weighted by atomic mass is 9.97. The molecule has 1 aliphatic rings. The third-order valence-electron chi connectivity index (χ3n) is 3.42. The summed E-state index contributed by atoms with van der Waals surface area (Å²) in [6.45, 7) is 0.590. The van der Waals surface area contributed by atoms with Crippen LogP contribution in [-0.4, -0.2) is 16.9 Å². The Balaban J connectivity index is 2.08. The maximum atomic E-state index is 12.6. The van der Waals surface area contributed by atoms with Crippen LogP contribution in [0, 0.1) is 0 Å².